The van der Waals surface area contributed by atoms with Gasteiger partial charge in [0.2, 0.25) is 5.91 Å². The molecule has 0 radical (unpaired) electrons. The molecule has 0 bridgehead atoms. The van der Waals surface area contributed by atoms with E-state index in [-0.39, 0.29) is 17.6 Å². The second-order valence-corrected chi connectivity index (χ2v) is 6.50. The summed E-state index contributed by atoms with van der Waals surface area (Å²) in [6, 6.07) is 6.33. The SMILES string of the molecule is O=C(CCCCCCNC(=O)c1cnc(-c2ccccc2F)s1)NO. The van der Waals surface area contributed by atoms with Crippen molar-refractivity contribution in [3.63, 3.8) is 0 Å². The van der Waals surface area contributed by atoms with Crippen molar-refractivity contribution in [2.75, 3.05) is 6.54 Å². The topological polar surface area (TPSA) is 91.3 Å². The number of aromatic nitrogens is 1. The number of rotatable bonds is 9. The third-order valence-corrected chi connectivity index (χ3v) is 4.60. The van der Waals surface area contributed by atoms with Gasteiger partial charge in [-0.2, -0.15) is 0 Å². The first-order valence-electron chi connectivity index (χ1n) is 8.03. The number of thiazole rings is 1. The van der Waals surface area contributed by atoms with Crippen LogP contribution >= 0.6 is 11.3 Å². The number of hydroxylamine groups is 1. The molecule has 1 heterocycles. The monoisotopic (exact) mass is 365 g/mol. The van der Waals surface area contributed by atoms with E-state index >= 15 is 0 Å². The fourth-order valence-corrected chi connectivity index (χ4v) is 3.11. The third-order valence-electron chi connectivity index (χ3n) is 3.57. The highest BCUT2D eigenvalue weighted by Crippen LogP contribution is 2.27. The molecule has 1 aromatic heterocycles. The fraction of sp³-hybridized carbons (Fsp3) is 0.353. The second kappa shape index (κ2) is 9.85. The van der Waals surface area contributed by atoms with Gasteiger partial charge in [-0.25, -0.2) is 14.9 Å². The molecule has 0 aliphatic rings. The number of amides is 2. The van der Waals surface area contributed by atoms with E-state index in [9.17, 15) is 14.0 Å². The second-order valence-electron chi connectivity index (χ2n) is 5.46. The molecule has 2 rings (SSSR count). The molecule has 0 atom stereocenters. The number of carbonyl (C=O) groups excluding carboxylic acids is 2. The Morgan fingerprint density at radius 2 is 1.92 bits per heavy atom. The summed E-state index contributed by atoms with van der Waals surface area (Å²) in [6.45, 7) is 0.526. The largest absolute Gasteiger partial charge is 0.351 e. The van der Waals surface area contributed by atoms with Gasteiger partial charge in [0.05, 0.1) is 6.20 Å². The summed E-state index contributed by atoms with van der Waals surface area (Å²) in [4.78, 5) is 27.5. The number of nitrogens with one attached hydrogen (secondary N) is 2. The first-order valence-corrected chi connectivity index (χ1v) is 8.85. The maximum Gasteiger partial charge on any atom is 0.263 e. The lowest BCUT2D eigenvalue weighted by Gasteiger charge is -2.03. The van der Waals surface area contributed by atoms with Crippen LogP contribution in [0, 0.1) is 5.82 Å². The number of halogens is 1. The predicted molar refractivity (Wildman–Crippen MR) is 92.9 cm³/mol. The molecule has 2 aromatic rings. The van der Waals surface area contributed by atoms with E-state index < -0.39 is 0 Å². The van der Waals surface area contributed by atoms with E-state index in [1.165, 1.54) is 12.3 Å². The Morgan fingerprint density at radius 3 is 2.68 bits per heavy atom. The number of hydrogen-bond donors (Lipinski definition) is 3. The molecule has 134 valence electrons. The Bertz CT molecular complexity index is 721. The van der Waals surface area contributed by atoms with E-state index in [0.717, 1.165) is 30.6 Å². The lowest BCUT2D eigenvalue weighted by Crippen LogP contribution is -2.23. The Morgan fingerprint density at radius 1 is 1.16 bits per heavy atom. The average Bonchev–Trinajstić information content (AvgIpc) is 3.10. The lowest BCUT2D eigenvalue weighted by atomic mass is 10.1. The van der Waals surface area contributed by atoms with E-state index in [2.05, 4.69) is 10.3 Å². The Balaban J connectivity index is 1.72. The first-order chi connectivity index (χ1) is 12.1. The van der Waals surface area contributed by atoms with Crippen LogP contribution in [-0.4, -0.2) is 28.6 Å². The molecule has 8 heteroatoms. The minimum absolute atomic E-state index is 0.222. The first kappa shape index (κ1) is 19.0. The van der Waals surface area contributed by atoms with Crippen LogP contribution in [0.5, 0.6) is 0 Å². The maximum absolute atomic E-state index is 13.7. The molecule has 0 saturated heterocycles. The molecule has 0 unspecified atom stereocenters. The van der Waals surface area contributed by atoms with Gasteiger partial charge in [-0.15, -0.1) is 11.3 Å². The van der Waals surface area contributed by atoms with Gasteiger partial charge in [-0.05, 0) is 25.0 Å². The van der Waals surface area contributed by atoms with Gasteiger partial charge >= 0.3 is 0 Å². The minimum Gasteiger partial charge on any atom is -0.351 e. The van der Waals surface area contributed by atoms with Crippen LogP contribution in [0.25, 0.3) is 10.6 Å². The number of carbonyl (C=O) groups is 2. The van der Waals surface area contributed by atoms with E-state index in [1.807, 2.05) is 0 Å². The van der Waals surface area contributed by atoms with Gasteiger partial charge in [0.1, 0.15) is 15.7 Å². The quantitative estimate of drug-likeness (QED) is 0.362. The van der Waals surface area contributed by atoms with Crippen molar-refractivity contribution in [2.24, 2.45) is 0 Å². The van der Waals surface area contributed by atoms with Crippen molar-refractivity contribution in [2.45, 2.75) is 32.1 Å². The summed E-state index contributed by atoms with van der Waals surface area (Å²) in [5.74, 6) is -0.970. The summed E-state index contributed by atoms with van der Waals surface area (Å²) < 4.78 is 13.7. The Labute approximate surface area is 149 Å². The Hall–Kier alpha value is -2.32. The van der Waals surface area contributed by atoms with Gasteiger partial charge < -0.3 is 5.32 Å². The standard InChI is InChI=1S/C17H20FN3O3S/c18-13-8-5-4-7-12(13)17-20-11-14(25-17)16(23)19-10-6-2-1-3-9-15(22)21-24/h4-5,7-8,11,24H,1-3,6,9-10H2,(H,19,23)(H,21,22). The van der Waals surface area contributed by atoms with E-state index in [1.54, 1.807) is 23.7 Å². The smallest absolute Gasteiger partial charge is 0.263 e. The van der Waals surface area contributed by atoms with Gasteiger partial charge in [0.15, 0.2) is 0 Å². The molecule has 0 aliphatic heterocycles. The Kier molecular flexibility index (Phi) is 7.49. The van der Waals surface area contributed by atoms with Gasteiger partial charge in [-0.1, -0.05) is 25.0 Å². The third kappa shape index (κ3) is 5.91. The van der Waals surface area contributed by atoms with Crippen LogP contribution in [0.2, 0.25) is 0 Å². The van der Waals surface area contributed by atoms with Crippen LogP contribution in [0.15, 0.2) is 30.5 Å². The molecule has 25 heavy (non-hydrogen) atoms. The molecule has 3 N–H and O–H groups in total. The van der Waals surface area contributed by atoms with Crippen molar-refractivity contribution in [1.29, 1.82) is 0 Å². The van der Waals surface area contributed by atoms with Crippen LogP contribution < -0.4 is 10.8 Å². The number of unbranched alkanes of at least 4 members (excludes halogenated alkanes) is 3. The number of hydrogen-bond acceptors (Lipinski definition) is 5. The molecule has 0 saturated carbocycles. The van der Waals surface area contributed by atoms with Gasteiger partial charge in [0, 0.05) is 18.5 Å². The molecular formula is C17H20FN3O3S. The highest BCUT2D eigenvalue weighted by Gasteiger charge is 2.13. The number of nitrogens with zero attached hydrogens (tertiary/aromatic N) is 1. The predicted octanol–water partition coefficient (Wildman–Crippen LogP) is 3.13. The molecule has 6 nitrogen and oxygen atoms in total. The van der Waals surface area contributed by atoms with Crippen molar-refractivity contribution in [3.8, 4) is 10.6 Å². The van der Waals surface area contributed by atoms with Crippen LogP contribution in [-0.2, 0) is 4.79 Å². The average molecular weight is 365 g/mol. The fourth-order valence-electron chi connectivity index (χ4n) is 2.25. The molecule has 2 amide bonds. The van der Waals surface area contributed by atoms with E-state index in [0.29, 0.717) is 34.8 Å². The molecule has 0 aliphatic carbocycles. The summed E-state index contributed by atoms with van der Waals surface area (Å²) >= 11 is 1.15. The zero-order chi connectivity index (χ0) is 18.1. The van der Waals surface area contributed by atoms with Crippen LogP contribution in [0.1, 0.15) is 41.8 Å². The van der Waals surface area contributed by atoms with Crippen LogP contribution in [0.3, 0.4) is 0 Å². The maximum atomic E-state index is 13.7. The summed E-state index contributed by atoms with van der Waals surface area (Å²) in [6.07, 6.45) is 4.97. The zero-order valence-corrected chi connectivity index (χ0v) is 14.4. The lowest BCUT2D eigenvalue weighted by molar-refractivity contribution is -0.129. The van der Waals surface area contributed by atoms with Gasteiger partial charge in [0.25, 0.3) is 5.91 Å². The van der Waals surface area contributed by atoms with Gasteiger partial charge in [-0.3, -0.25) is 14.8 Å². The molecule has 0 fully saturated rings. The number of benzene rings is 1. The van der Waals surface area contributed by atoms with Crippen LogP contribution in [0.4, 0.5) is 4.39 Å². The summed E-state index contributed by atoms with van der Waals surface area (Å²) in [5.41, 5.74) is 1.98. The van der Waals surface area contributed by atoms with E-state index in [4.69, 9.17) is 5.21 Å². The van der Waals surface area contributed by atoms with Crippen molar-refractivity contribution in [1.82, 2.24) is 15.8 Å². The zero-order valence-electron chi connectivity index (χ0n) is 13.6. The normalized spacial score (nSPS) is 10.5. The summed E-state index contributed by atoms with van der Waals surface area (Å²) in [7, 11) is 0. The molecular weight excluding hydrogens is 345 g/mol. The highest BCUT2D eigenvalue weighted by atomic mass is 32.1. The minimum atomic E-state index is -0.385. The van der Waals surface area contributed by atoms with Crippen molar-refractivity contribution < 1.29 is 19.2 Å². The van der Waals surface area contributed by atoms with Crippen molar-refractivity contribution in [3.05, 3.63) is 41.2 Å². The summed E-state index contributed by atoms with van der Waals surface area (Å²) in [5, 5.41) is 11.6. The molecule has 0 spiro atoms. The highest BCUT2D eigenvalue weighted by molar-refractivity contribution is 7.16. The van der Waals surface area contributed by atoms with Crippen molar-refractivity contribution >= 4 is 23.2 Å². The molecule has 1 aromatic carbocycles.